The summed E-state index contributed by atoms with van der Waals surface area (Å²) in [4.78, 5) is 0. The maximum absolute atomic E-state index is 12.9. The Labute approximate surface area is 170 Å². The third-order valence-electron chi connectivity index (χ3n) is 6.31. The first-order valence-electron chi connectivity index (χ1n) is 10.3. The van der Waals surface area contributed by atoms with Gasteiger partial charge in [-0.05, 0) is 76.3 Å². The number of allylic oxidation sites excluding steroid dienone is 4. The van der Waals surface area contributed by atoms with Crippen LogP contribution in [0, 0.1) is 11.8 Å². The second-order valence-electron chi connectivity index (χ2n) is 8.14. The van der Waals surface area contributed by atoms with Crippen LogP contribution in [0.3, 0.4) is 0 Å². The molecule has 6 heteroatoms. The predicted molar refractivity (Wildman–Crippen MR) is 117 cm³/mol. The Kier molecular flexibility index (Phi) is 7.29. The fraction of sp³-hybridized carbons (Fsp3) is 0.545. The van der Waals surface area contributed by atoms with Crippen molar-refractivity contribution in [2.75, 3.05) is 0 Å². The molecule has 0 spiro atoms. The van der Waals surface area contributed by atoms with Crippen molar-refractivity contribution < 1.29 is 18.2 Å². The second kappa shape index (κ2) is 9.51. The minimum absolute atomic E-state index is 0.422. The van der Waals surface area contributed by atoms with Crippen molar-refractivity contribution in [2.24, 2.45) is 11.8 Å². The molecule has 4 atom stereocenters. The van der Waals surface area contributed by atoms with Crippen LogP contribution in [-0.4, -0.2) is 0 Å². The molecule has 0 heterocycles. The molecule has 1 aromatic carbocycles. The van der Waals surface area contributed by atoms with E-state index in [-0.39, 0.29) is 0 Å². The SMILES string of the molecule is CC1=C([PH](=O)Oc2ccccc2O[PH](=O)C2=C(C)C(C)CCC2)CCCC1C. The standard InChI is InChI=1S/C22H32O4P2/c1-15-9-7-13-21(17(15)3)27(23)25-19-11-5-6-12-20(19)26-28(24)22-14-8-10-16(2)18(22)4/h5-6,11-12,15-16,27-28H,7-10,13-14H2,1-4H3. The monoisotopic (exact) mass is 422 g/mol. The number of hydrogen-bond donors (Lipinski definition) is 0. The summed E-state index contributed by atoms with van der Waals surface area (Å²) >= 11 is 0. The number of benzene rings is 1. The van der Waals surface area contributed by atoms with Crippen LogP contribution in [0.5, 0.6) is 11.5 Å². The van der Waals surface area contributed by atoms with Gasteiger partial charge in [-0.3, -0.25) is 9.13 Å². The van der Waals surface area contributed by atoms with Crippen LogP contribution in [0.4, 0.5) is 0 Å². The fourth-order valence-corrected chi connectivity index (χ4v) is 6.94. The quantitative estimate of drug-likeness (QED) is 0.443. The lowest BCUT2D eigenvalue weighted by atomic mass is 9.90. The van der Waals surface area contributed by atoms with Crippen molar-refractivity contribution in [3.05, 3.63) is 46.0 Å². The van der Waals surface area contributed by atoms with Gasteiger partial charge in [-0.2, -0.15) is 0 Å². The Morgan fingerprint density at radius 1 is 0.786 bits per heavy atom. The molecule has 1 aromatic rings. The number of rotatable bonds is 6. The molecule has 0 aliphatic heterocycles. The van der Waals surface area contributed by atoms with E-state index in [1.54, 1.807) is 12.1 Å². The zero-order valence-corrected chi connectivity index (χ0v) is 19.3. The summed E-state index contributed by atoms with van der Waals surface area (Å²) in [5, 5.41) is 1.90. The van der Waals surface area contributed by atoms with Crippen LogP contribution in [0.2, 0.25) is 0 Å². The highest BCUT2D eigenvalue weighted by Crippen LogP contribution is 2.50. The van der Waals surface area contributed by atoms with Gasteiger partial charge in [0.1, 0.15) is 0 Å². The lowest BCUT2D eigenvalue weighted by Gasteiger charge is -2.24. The summed E-state index contributed by atoms with van der Waals surface area (Å²) in [6.45, 7) is 8.47. The van der Waals surface area contributed by atoms with Crippen molar-refractivity contribution in [1.82, 2.24) is 0 Å². The summed E-state index contributed by atoms with van der Waals surface area (Å²) in [5.74, 6) is 1.75. The van der Waals surface area contributed by atoms with E-state index in [4.69, 9.17) is 9.05 Å². The molecule has 4 unspecified atom stereocenters. The van der Waals surface area contributed by atoms with Crippen LogP contribution in [0.25, 0.3) is 0 Å². The van der Waals surface area contributed by atoms with Crippen LogP contribution < -0.4 is 9.05 Å². The first-order valence-corrected chi connectivity index (χ1v) is 12.9. The predicted octanol–water partition coefficient (Wildman–Crippen LogP) is 7.58. The summed E-state index contributed by atoms with van der Waals surface area (Å²) in [6.07, 6.45) is 6.03. The number of hydrogen-bond acceptors (Lipinski definition) is 4. The van der Waals surface area contributed by atoms with Gasteiger partial charge in [-0.1, -0.05) is 37.1 Å². The van der Waals surface area contributed by atoms with Gasteiger partial charge in [0.25, 0.3) is 16.1 Å². The zero-order valence-electron chi connectivity index (χ0n) is 17.3. The van der Waals surface area contributed by atoms with Crippen LogP contribution in [-0.2, 0) is 9.13 Å². The largest absolute Gasteiger partial charge is 0.438 e. The van der Waals surface area contributed by atoms with Gasteiger partial charge >= 0.3 is 0 Å². The molecule has 0 N–H and O–H groups in total. The molecule has 0 amide bonds. The van der Waals surface area contributed by atoms with E-state index in [9.17, 15) is 9.13 Å². The van der Waals surface area contributed by atoms with Gasteiger partial charge in [-0.15, -0.1) is 0 Å². The highest BCUT2D eigenvalue weighted by Gasteiger charge is 2.24. The molecule has 4 nitrogen and oxygen atoms in total. The molecule has 0 saturated heterocycles. The van der Waals surface area contributed by atoms with Gasteiger partial charge in [0, 0.05) is 10.6 Å². The van der Waals surface area contributed by atoms with Crippen molar-refractivity contribution in [3.8, 4) is 11.5 Å². The average molecular weight is 422 g/mol. The molecule has 0 fully saturated rings. The number of para-hydroxylation sites is 2. The van der Waals surface area contributed by atoms with E-state index >= 15 is 0 Å². The van der Waals surface area contributed by atoms with E-state index in [0.29, 0.717) is 23.3 Å². The highest BCUT2D eigenvalue weighted by molar-refractivity contribution is 7.45. The minimum atomic E-state index is -2.38. The maximum atomic E-state index is 12.9. The summed E-state index contributed by atoms with van der Waals surface area (Å²) < 4.78 is 37.6. The molecule has 2 aliphatic rings. The average Bonchev–Trinajstić information content (AvgIpc) is 2.67. The van der Waals surface area contributed by atoms with Crippen LogP contribution >= 0.6 is 16.1 Å². The van der Waals surface area contributed by atoms with Gasteiger partial charge in [0.15, 0.2) is 11.5 Å². The van der Waals surface area contributed by atoms with Crippen LogP contribution in [0.15, 0.2) is 46.0 Å². The Morgan fingerprint density at radius 3 is 1.57 bits per heavy atom. The molecular formula is C22H32O4P2. The zero-order chi connectivity index (χ0) is 20.3. The molecule has 3 rings (SSSR count). The van der Waals surface area contributed by atoms with E-state index in [2.05, 4.69) is 27.7 Å². The molecule has 0 radical (unpaired) electrons. The summed E-state index contributed by atoms with van der Waals surface area (Å²) in [7, 11) is -4.76. The lowest BCUT2D eigenvalue weighted by Crippen LogP contribution is -2.06. The summed E-state index contributed by atoms with van der Waals surface area (Å²) in [5.41, 5.74) is 2.39. The Morgan fingerprint density at radius 2 is 1.18 bits per heavy atom. The Bertz CT molecular complexity index is 772. The first kappa shape index (κ1) is 21.5. The summed E-state index contributed by atoms with van der Waals surface area (Å²) in [6, 6.07) is 7.15. The highest BCUT2D eigenvalue weighted by atomic mass is 31.1. The van der Waals surface area contributed by atoms with Crippen molar-refractivity contribution in [3.63, 3.8) is 0 Å². The molecule has 154 valence electrons. The molecule has 2 aliphatic carbocycles. The second-order valence-corrected chi connectivity index (χ2v) is 10.9. The molecule has 28 heavy (non-hydrogen) atoms. The Balaban J connectivity index is 1.78. The molecule has 0 bridgehead atoms. The van der Waals surface area contributed by atoms with Crippen LogP contribution in [0.1, 0.15) is 66.2 Å². The Hall–Kier alpha value is -1.24. The van der Waals surface area contributed by atoms with Crippen molar-refractivity contribution in [1.29, 1.82) is 0 Å². The topological polar surface area (TPSA) is 52.6 Å². The fourth-order valence-electron chi connectivity index (χ4n) is 4.06. The first-order chi connectivity index (χ1) is 13.4. The van der Waals surface area contributed by atoms with E-state index in [1.165, 1.54) is 11.1 Å². The van der Waals surface area contributed by atoms with Gasteiger partial charge in [0.2, 0.25) is 0 Å². The van der Waals surface area contributed by atoms with E-state index < -0.39 is 16.1 Å². The molecular weight excluding hydrogens is 390 g/mol. The normalized spacial score (nSPS) is 25.4. The maximum Gasteiger partial charge on any atom is 0.262 e. The molecule has 0 aromatic heterocycles. The van der Waals surface area contributed by atoms with Gasteiger partial charge < -0.3 is 9.05 Å². The van der Waals surface area contributed by atoms with E-state index in [0.717, 1.165) is 49.2 Å². The third kappa shape index (κ3) is 4.84. The van der Waals surface area contributed by atoms with Crippen molar-refractivity contribution >= 4 is 16.1 Å². The smallest absolute Gasteiger partial charge is 0.262 e. The van der Waals surface area contributed by atoms with Gasteiger partial charge in [0.05, 0.1) is 0 Å². The van der Waals surface area contributed by atoms with Crippen molar-refractivity contribution in [2.45, 2.75) is 66.2 Å². The minimum Gasteiger partial charge on any atom is -0.438 e. The third-order valence-corrected chi connectivity index (χ3v) is 9.39. The van der Waals surface area contributed by atoms with Gasteiger partial charge in [-0.25, -0.2) is 0 Å². The molecule has 0 saturated carbocycles. The van der Waals surface area contributed by atoms with E-state index in [1.807, 2.05) is 12.1 Å². The lowest BCUT2D eigenvalue weighted by molar-refractivity contribution is 0.465.